The molecule has 0 spiro atoms. The van der Waals surface area contributed by atoms with Gasteiger partial charge in [-0.1, -0.05) is 41.6 Å². The van der Waals surface area contributed by atoms with Crippen molar-refractivity contribution in [1.29, 1.82) is 0 Å². The van der Waals surface area contributed by atoms with E-state index in [0.29, 0.717) is 18.3 Å². The smallest absolute Gasteiger partial charge is 0.211 e. The maximum Gasteiger partial charge on any atom is 0.211 e. The summed E-state index contributed by atoms with van der Waals surface area (Å²) in [6, 6.07) is 17.2. The zero-order valence-electron chi connectivity index (χ0n) is 12.8. The van der Waals surface area contributed by atoms with Crippen LogP contribution in [0.25, 0.3) is 0 Å². The average Bonchev–Trinajstić information content (AvgIpc) is 3.14. The number of hydrogen-bond acceptors (Lipinski definition) is 4. The number of aromatic nitrogens is 4. The minimum atomic E-state index is 0.322. The molecule has 0 unspecified atom stereocenters. The molecule has 2 aromatic carbocycles. The summed E-state index contributed by atoms with van der Waals surface area (Å²) in [6.45, 7) is 0.322. The summed E-state index contributed by atoms with van der Waals surface area (Å²) in [5.41, 5.74) is 4.31. The summed E-state index contributed by atoms with van der Waals surface area (Å²) >= 11 is 0. The topological polar surface area (TPSA) is 63.7 Å². The third-order valence-corrected chi connectivity index (χ3v) is 4.41. The predicted molar refractivity (Wildman–Crippen MR) is 86.2 cm³/mol. The number of aromatic amines is 1. The Labute approximate surface area is 134 Å². The van der Waals surface area contributed by atoms with Crippen LogP contribution in [0.5, 0.6) is 5.75 Å². The number of ether oxygens (including phenoxy) is 1. The van der Waals surface area contributed by atoms with Gasteiger partial charge in [0.1, 0.15) is 5.75 Å². The van der Waals surface area contributed by atoms with Crippen LogP contribution in [0, 0.1) is 0 Å². The standard InChI is InChI=1S/C18H18N4O/c1-2-6-16-13(4-1)5-3-7-17(16)14-8-10-15(11-9-14)23-12-18-19-21-22-20-18/h1-2,4,6,8-11,17H,3,5,7,12H2,(H,19,20,21,22)/t17-/m1/s1. The third-order valence-electron chi connectivity index (χ3n) is 4.41. The van der Waals surface area contributed by atoms with E-state index in [2.05, 4.69) is 57.0 Å². The molecule has 1 aromatic heterocycles. The highest BCUT2D eigenvalue weighted by atomic mass is 16.5. The SMILES string of the molecule is c1ccc2c(c1)CCC[C@@H]2c1ccc(OCc2nn[nH]n2)cc1. The van der Waals surface area contributed by atoms with Gasteiger partial charge in [0.25, 0.3) is 0 Å². The van der Waals surface area contributed by atoms with Gasteiger partial charge in [-0.3, -0.25) is 0 Å². The first-order chi connectivity index (χ1) is 11.4. The van der Waals surface area contributed by atoms with Gasteiger partial charge in [-0.15, -0.1) is 10.2 Å². The van der Waals surface area contributed by atoms with Gasteiger partial charge in [0.15, 0.2) is 6.61 Å². The summed E-state index contributed by atoms with van der Waals surface area (Å²) in [5, 5.41) is 13.7. The van der Waals surface area contributed by atoms with E-state index in [4.69, 9.17) is 4.74 Å². The first-order valence-electron chi connectivity index (χ1n) is 7.93. The van der Waals surface area contributed by atoms with E-state index in [1.54, 1.807) is 0 Å². The van der Waals surface area contributed by atoms with Crippen LogP contribution in [0.1, 0.15) is 41.3 Å². The van der Waals surface area contributed by atoms with Crippen molar-refractivity contribution in [3.8, 4) is 5.75 Å². The van der Waals surface area contributed by atoms with E-state index < -0.39 is 0 Å². The van der Waals surface area contributed by atoms with Crippen molar-refractivity contribution in [3.63, 3.8) is 0 Å². The molecule has 0 bridgehead atoms. The molecule has 0 radical (unpaired) electrons. The quantitative estimate of drug-likeness (QED) is 0.803. The van der Waals surface area contributed by atoms with E-state index in [9.17, 15) is 0 Å². The van der Waals surface area contributed by atoms with E-state index in [0.717, 1.165) is 5.75 Å². The molecule has 1 aliphatic carbocycles. The summed E-state index contributed by atoms with van der Waals surface area (Å²) in [6.07, 6.45) is 3.65. The molecule has 1 atom stereocenters. The Morgan fingerprint density at radius 1 is 1.09 bits per heavy atom. The first-order valence-corrected chi connectivity index (χ1v) is 7.93. The van der Waals surface area contributed by atoms with Crippen LogP contribution < -0.4 is 4.74 Å². The lowest BCUT2D eigenvalue weighted by molar-refractivity contribution is 0.296. The number of hydrogen-bond donors (Lipinski definition) is 1. The predicted octanol–water partition coefficient (Wildman–Crippen LogP) is 3.25. The Balaban J connectivity index is 1.50. The van der Waals surface area contributed by atoms with Gasteiger partial charge in [0, 0.05) is 5.92 Å². The molecule has 1 heterocycles. The van der Waals surface area contributed by atoms with Crippen molar-refractivity contribution in [2.45, 2.75) is 31.8 Å². The van der Waals surface area contributed by atoms with Gasteiger partial charge in [0.2, 0.25) is 5.82 Å². The Morgan fingerprint density at radius 3 is 2.78 bits per heavy atom. The number of benzene rings is 2. The Hall–Kier alpha value is -2.69. The van der Waals surface area contributed by atoms with Gasteiger partial charge in [0.05, 0.1) is 0 Å². The average molecular weight is 306 g/mol. The van der Waals surface area contributed by atoms with Gasteiger partial charge in [-0.2, -0.15) is 5.21 Å². The molecule has 0 saturated carbocycles. The second-order valence-corrected chi connectivity index (χ2v) is 5.83. The maximum absolute atomic E-state index is 5.68. The number of H-pyrrole nitrogens is 1. The van der Waals surface area contributed by atoms with Crippen molar-refractivity contribution in [3.05, 3.63) is 71.0 Å². The molecular formula is C18H18N4O. The molecule has 5 nitrogen and oxygen atoms in total. The zero-order chi connectivity index (χ0) is 15.5. The largest absolute Gasteiger partial charge is 0.485 e. The summed E-state index contributed by atoms with van der Waals surface area (Å²) in [5.74, 6) is 1.86. The number of fused-ring (bicyclic) bond motifs is 1. The number of aryl methyl sites for hydroxylation is 1. The molecule has 0 saturated heterocycles. The molecule has 4 rings (SSSR count). The summed E-state index contributed by atoms with van der Waals surface area (Å²) < 4.78 is 5.68. The Morgan fingerprint density at radius 2 is 1.96 bits per heavy atom. The highest BCUT2D eigenvalue weighted by Gasteiger charge is 2.21. The summed E-state index contributed by atoms with van der Waals surface area (Å²) in [4.78, 5) is 0. The lowest BCUT2D eigenvalue weighted by atomic mass is 9.79. The molecule has 1 aliphatic rings. The van der Waals surface area contributed by atoms with E-state index in [-0.39, 0.29) is 0 Å². The van der Waals surface area contributed by atoms with Crippen LogP contribution >= 0.6 is 0 Å². The molecule has 3 aromatic rings. The van der Waals surface area contributed by atoms with Crippen molar-refractivity contribution >= 4 is 0 Å². The van der Waals surface area contributed by atoms with Gasteiger partial charge in [-0.25, -0.2) is 0 Å². The Kier molecular flexibility index (Phi) is 3.76. The normalized spacial score (nSPS) is 16.8. The van der Waals surface area contributed by atoms with E-state index >= 15 is 0 Å². The summed E-state index contributed by atoms with van der Waals surface area (Å²) in [7, 11) is 0. The number of nitrogens with zero attached hydrogens (tertiary/aromatic N) is 3. The van der Waals surface area contributed by atoms with Crippen LogP contribution in [0.15, 0.2) is 48.5 Å². The molecular weight excluding hydrogens is 288 g/mol. The number of nitrogens with one attached hydrogen (secondary N) is 1. The first kappa shape index (κ1) is 13.9. The molecule has 0 aliphatic heterocycles. The minimum Gasteiger partial charge on any atom is -0.485 e. The van der Waals surface area contributed by atoms with Crippen LogP contribution in [0.2, 0.25) is 0 Å². The van der Waals surface area contributed by atoms with Crippen LogP contribution in [0.4, 0.5) is 0 Å². The number of rotatable bonds is 4. The molecule has 5 heteroatoms. The second kappa shape index (κ2) is 6.20. The van der Waals surface area contributed by atoms with Crippen molar-refractivity contribution in [2.75, 3.05) is 0 Å². The zero-order valence-corrected chi connectivity index (χ0v) is 12.8. The highest BCUT2D eigenvalue weighted by Crippen LogP contribution is 2.36. The lowest BCUT2D eigenvalue weighted by Crippen LogP contribution is -2.10. The van der Waals surface area contributed by atoms with Gasteiger partial charge >= 0.3 is 0 Å². The molecule has 23 heavy (non-hydrogen) atoms. The second-order valence-electron chi connectivity index (χ2n) is 5.83. The lowest BCUT2D eigenvalue weighted by Gasteiger charge is -2.26. The van der Waals surface area contributed by atoms with Crippen molar-refractivity contribution in [2.24, 2.45) is 0 Å². The fourth-order valence-electron chi connectivity index (χ4n) is 3.29. The van der Waals surface area contributed by atoms with Crippen molar-refractivity contribution < 1.29 is 4.74 Å². The minimum absolute atomic E-state index is 0.322. The highest BCUT2D eigenvalue weighted by molar-refractivity contribution is 5.41. The fourth-order valence-corrected chi connectivity index (χ4v) is 3.29. The van der Waals surface area contributed by atoms with Crippen molar-refractivity contribution in [1.82, 2.24) is 20.6 Å². The van der Waals surface area contributed by atoms with Gasteiger partial charge < -0.3 is 4.74 Å². The fraction of sp³-hybridized carbons (Fsp3) is 0.278. The van der Waals surface area contributed by atoms with Gasteiger partial charge in [-0.05, 0) is 48.1 Å². The van der Waals surface area contributed by atoms with E-state index in [1.807, 2.05) is 12.1 Å². The molecule has 0 amide bonds. The number of tetrazole rings is 1. The van der Waals surface area contributed by atoms with Crippen LogP contribution in [-0.2, 0) is 13.0 Å². The third kappa shape index (κ3) is 2.95. The van der Waals surface area contributed by atoms with E-state index in [1.165, 1.54) is 36.0 Å². The maximum atomic E-state index is 5.68. The van der Waals surface area contributed by atoms with Crippen LogP contribution in [0.3, 0.4) is 0 Å². The molecule has 0 fully saturated rings. The Bertz CT molecular complexity index is 768. The molecule has 116 valence electrons. The molecule has 1 N–H and O–H groups in total. The monoisotopic (exact) mass is 306 g/mol. The van der Waals surface area contributed by atoms with Crippen LogP contribution in [-0.4, -0.2) is 20.6 Å².